The molecule has 0 fully saturated rings. The number of rotatable bonds is 9. The average Bonchev–Trinajstić information content (AvgIpc) is 3.07. The summed E-state index contributed by atoms with van der Waals surface area (Å²) >= 11 is 11.0. The number of hydrogen-bond donors (Lipinski definition) is 4. The molecule has 166 valence electrons. The van der Waals surface area contributed by atoms with Crippen LogP contribution in [-0.2, 0) is 22.4 Å². The van der Waals surface area contributed by atoms with Crippen LogP contribution in [0, 0.1) is 5.92 Å². The van der Waals surface area contributed by atoms with Crippen molar-refractivity contribution in [2.24, 2.45) is 5.92 Å². The Balaban J connectivity index is 1.69. The van der Waals surface area contributed by atoms with E-state index in [-0.39, 0.29) is 18.9 Å². The van der Waals surface area contributed by atoms with Gasteiger partial charge in [0.2, 0.25) is 5.91 Å². The van der Waals surface area contributed by atoms with Gasteiger partial charge < -0.3 is 20.8 Å². The maximum absolute atomic E-state index is 13.2. The predicted molar refractivity (Wildman–Crippen MR) is 120 cm³/mol. The van der Waals surface area contributed by atoms with Gasteiger partial charge in [0.15, 0.2) is 4.84 Å². The Morgan fingerprint density at radius 1 is 1.03 bits per heavy atom. The van der Waals surface area contributed by atoms with Gasteiger partial charge in [-0.25, -0.2) is 0 Å². The Morgan fingerprint density at radius 3 is 2.42 bits per heavy atom. The van der Waals surface area contributed by atoms with Crippen LogP contribution in [0.5, 0.6) is 0 Å². The van der Waals surface area contributed by atoms with Crippen molar-refractivity contribution < 1.29 is 19.8 Å². The monoisotopic (exact) mass is 464 g/mol. The maximum Gasteiger partial charge on any atom is 0.253 e. The molecule has 31 heavy (non-hydrogen) atoms. The van der Waals surface area contributed by atoms with Crippen molar-refractivity contribution >= 4 is 35.0 Å². The summed E-state index contributed by atoms with van der Waals surface area (Å²) in [7, 11) is 0. The lowest BCUT2D eigenvalue weighted by Crippen LogP contribution is -2.41. The zero-order valence-corrected chi connectivity index (χ0v) is 18.4. The number of halogens is 2. The highest BCUT2D eigenvalue weighted by Crippen LogP contribution is 2.31. The molecule has 2 aromatic rings. The topological polar surface area (TPSA) is 98.7 Å². The van der Waals surface area contributed by atoms with Crippen LogP contribution in [0.25, 0.3) is 0 Å². The summed E-state index contributed by atoms with van der Waals surface area (Å²) in [5.74, 6) is -1.42. The van der Waals surface area contributed by atoms with E-state index in [1.807, 2.05) is 54.6 Å². The van der Waals surface area contributed by atoms with Crippen molar-refractivity contribution in [3.05, 3.63) is 71.3 Å². The molecule has 2 aromatic carbocycles. The molecule has 1 aliphatic carbocycles. The lowest BCUT2D eigenvalue weighted by Gasteiger charge is -2.24. The van der Waals surface area contributed by atoms with Crippen LogP contribution >= 0.6 is 23.2 Å². The number of nitrogens with one attached hydrogen (secondary N) is 2. The first-order chi connectivity index (χ1) is 14.8. The Hall–Kier alpha value is -2.12. The number of amides is 2. The molecular weight excluding hydrogens is 439 g/mol. The van der Waals surface area contributed by atoms with E-state index in [1.165, 1.54) is 0 Å². The Kier molecular flexibility index (Phi) is 8.32. The molecule has 0 bridgehead atoms. The second-order valence-corrected chi connectivity index (χ2v) is 8.87. The van der Waals surface area contributed by atoms with Crippen LogP contribution in [0.1, 0.15) is 29.2 Å². The first kappa shape index (κ1) is 23.5. The van der Waals surface area contributed by atoms with Crippen LogP contribution in [0.4, 0.5) is 0 Å². The minimum absolute atomic E-state index is 0.0672. The van der Waals surface area contributed by atoms with E-state index >= 15 is 0 Å². The summed E-state index contributed by atoms with van der Waals surface area (Å²) in [6.45, 7) is -0.0672. The summed E-state index contributed by atoms with van der Waals surface area (Å²) in [4.78, 5) is 23.5. The molecule has 4 N–H and O–H groups in total. The molecule has 0 spiro atoms. The molecule has 6 nitrogen and oxygen atoms in total. The number of fused-ring (bicyclic) bond motifs is 1. The van der Waals surface area contributed by atoms with Gasteiger partial charge in [0.25, 0.3) is 5.91 Å². The van der Waals surface area contributed by atoms with E-state index < -0.39 is 34.9 Å². The SMILES string of the molecule is O=C(NC[C@@H](O)C[C@@H](Cc1ccccc1)C(=O)N[C@H]1c2ccccc2C[C@H]1O)C(Cl)Cl. The van der Waals surface area contributed by atoms with E-state index in [9.17, 15) is 19.8 Å². The van der Waals surface area contributed by atoms with E-state index in [0.29, 0.717) is 12.8 Å². The van der Waals surface area contributed by atoms with E-state index in [0.717, 1.165) is 16.7 Å². The van der Waals surface area contributed by atoms with Gasteiger partial charge in [0.05, 0.1) is 18.2 Å². The summed E-state index contributed by atoms with van der Waals surface area (Å²) < 4.78 is 0. The maximum atomic E-state index is 13.2. The number of carbonyl (C=O) groups excluding carboxylic acids is 2. The predicted octanol–water partition coefficient (Wildman–Crippen LogP) is 2.29. The molecule has 8 heteroatoms. The zero-order chi connectivity index (χ0) is 22.4. The van der Waals surface area contributed by atoms with Gasteiger partial charge in [-0.15, -0.1) is 0 Å². The smallest absolute Gasteiger partial charge is 0.253 e. The normalized spacial score (nSPS) is 19.5. The Bertz CT molecular complexity index is 894. The number of aliphatic hydroxyl groups is 2. The van der Waals surface area contributed by atoms with Gasteiger partial charge in [-0.1, -0.05) is 77.8 Å². The number of carbonyl (C=O) groups is 2. The number of alkyl halides is 2. The fourth-order valence-electron chi connectivity index (χ4n) is 3.91. The van der Waals surface area contributed by atoms with Crippen molar-refractivity contribution in [1.82, 2.24) is 10.6 Å². The molecule has 0 aliphatic heterocycles. The third-order valence-corrected chi connectivity index (χ3v) is 5.86. The van der Waals surface area contributed by atoms with Crippen molar-refractivity contribution in [2.75, 3.05) is 6.54 Å². The van der Waals surface area contributed by atoms with Crippen molar-refractivity contribution in [1.29, 1.82) is 0 Å². The van der Waals surface area contributed by atoms with Crippen LogP contribution in [0.3, 0.4) is 0 Å². The largest absolute Gasteiger partial charge is 0.391 e. The summed E-state index contributed by atoms with van der Waals surface area (Å²) in [5.41, 5.74) is 2.87. The Morgan fingerprint density at radius 2 is 1.71 bits per heavy atom. The van der Waals surface area contributed by atoms with Gasteiger partial charge in [0.1, 0.15) is 0 Å². The molecule has 4 atom stereocenters. The van der Waals surface area contributed by atoms with E-state index in [4.69, 9.17) is 23.2 Å². The minimum Gasteiger partial charge on any atom is -0.391 e. The highest BCUT2D eigenvalue weighted by molar-refractivity contribution is 6.53. The fourth-order valence-corrected chi connectivity index (χ4v) is 4.06. The van der Waals surface area contributed by atoms with Gasteiger partial charge >= 0.3 is 0 Å². The molecule has 0 heterocycles. The standard InChI is InChI=1S/C23H26Cl2N2O4/c24-21(25)23(31)26-13-17(28)11-16(10-14-6-2-1-3-7-14)22(30)27-20-18-9-5-4-8-15(18)12-19(20)29/h1-9,16-17,19-21,28-29H,10-13H2,(H,26,31)(H,27,30)/t16-,17+,19-,20+/m1/s1. The van der Waals surface area contributed by atoms with Crippen molar-refractivity contribution in [2.45, 2.75) is 42.3 Å². The average molecular weight is 465 g/mol. The first-order valence-electron chi connectivity index (χ1n) is 10.2. The minimum atomic E-state index is -1.22. The third-order valence-electron chi connectivity index (χ3n) is 5.46. The third kappa shape index (κ3) is 6.43. The van der Waals surface area contributed by atoms with Gasteiger partial charge in [-0.2, -0.15) is 0 Å². The first-order valence-corrected chi connectivity index (χ1v) is 11.1. The molecule has 1 aliphatic rings. The second-order valence-electron chi connectivity index (χ2n) is 7.78. The van der Waals surface area contributed by atoms with E-state index in [2.05, 4.69) is 10.6 Å². The highest BCUT2D eigenvalue weighted by Gasteiger charge is 2.34. The van der Waals surface area contributed by atoms with Crippen LogP contribution in [0.15, 0.2) is 54.6 Å². The van der Waals surface area contributed by atoms with Crippen LogP contribution in [0.2, 0.25) is 0 Å². The second kappa shape index (κ2) is 11.0. The molecule has 0 radical (unpaired) electrons. The fraction of sp³-hybridized carbons (Fsp3) is 0.391. The van der Waals surface area contributed by atoms with Crippen molar-refractivity contribution in [3.63, 3.8) is 0 Å². The highest BCUT2D eigenvalue weighted by atomic mass is 35.5. The number of benzene rings is 2. The summed E-state index contributed by atoms with van der Waals surface area (Å²) in [6, 6.07) is 16.6. The number of aliphatic hydroxyl groups excluding tert-OH is 2. The van der Waals surface area contributed by atoms with Crippen molar-refractivity contribution in [3.8, 4) is 0 Å². The quantitative estimate of drug-likeness (QED) is 0.427. The Labute approximate surface area is 191 Å². The summed E-state index contributed by atoms with van der Waals surface area (Å²) in [5, 5.41) is 26.3. The lowest BCUT2D eigenvalue weighted by atomic mass is 9.92. The molecule has 0 unspecified atom stereocenters. The molecular formula is C23H26Cl2N2O4. The lowest BCUT2D eigenvalue weighted by molar-refractivity contribution is -0.127. The van der Waals surface area contributed by atoms with Gasteiger partial charge in [0, 0.05) is 18.9 Å². The van der Waals surface area contributed by atoms with Crippen LogP contribution < -0.4 is 10.6 Å². The molecule has 0 aromatic heterocycles. The zero-order valence-electron chi connectivity index (χ0n) is 16.9. The van der Waals surface area contributed by atoms with Gasteiger partial charge in [-0.3, -0.25) is 9.59 Å². The van der Waals surface area contributed by atoms with E-state index in [1.54, 1.807) is 0 Å². The molecule has 3 rings (SSSR count). The van der Waals surface area contributed by atoms with Crippen LogP contribution in [-0.4, -0.2) is 45.6 Å². The summed E-state index contributed by atoms with van der Waals surface area (Å²) in [6.07, 6.45) is -0.642. The van der Waals surface area contributed by atoms with Gasteiger partial charge in [-0.05, 0) is 29.5 Å². The number of hydrogen-bond acceptors (Lipinski definition) is 4. The molecule has 0 saturated heterocycles. The molecule has 2 amide bonds. The molecule has 0 saturated carbocycles.